The van der Waals surface area contributed by atoms with Gasteiger partial charge in [0.15, 0.2) is 0 Å². The molecule has 1 aliphatic rings. The SMILES string of the molecule is Cc1cccc(C(=O)N2CCN(c3cc(C)ccc3F)C(=O)[C@H]2C)c1. The van der Waals surface area contributed by atoms with Gasteiger partial charge in [0.2, 0.25) is 5.91 Å². The summed E-state index contributed by atoms with van der Waals surface area (Å²) in [7, 11) is 0. The quantitative estimate of drug-likeness (QED) is 0.841. The number of halogens is 1. The Morgan fingerprint density at radius 1 is 1.08 bits per heavy atom. The van der Waals surface area contributed by atoms with Crippen LogP contribution in [-0.4, -0.2) is 35.8 Å². The number of aryl methyl sites for hydroxylation is 2. The van der Waals surface area contributed by atoms with Crippen molar-refractivity contribution in [2.75, 3.05) is 18.0 Å². The van der Waals surface area contributed by atoms with Gasteiger partial charge in [0.1, 0.15) is 11.9 Å². The Balaban J connectivity index is 1.84. The van der Waals surface area contributed by atoms with Crippen LogP contribution in [0.3, 0.4) is 0 Å². The van der Waals surface area contributed by atoms with Crippen molar-refractivity contribution in [3.05, 3.63) is 65.0 Å². The van der Waals surface area contributed by atoms with Gasteiger partial charge in [-0.25, -0.2) is 4.39 Å². The standard InChI is InChI=1S/C20H21FN2O2/c1-13-5-4-6-16(11-13)20(25)22-9-10-23(19(24)15(22)3)18-12-14(2)7-8-17(18)21/h4-8,11-12,15H,9-10H2,1-3H3/t15-/m1/s1. The highest BCUT2D eigenvalue weighted by Crippen LogP contribution is 2.25. The lowest BCUT2D eigenvalue weighted by Crippen LogP contribution is -2.58. The van der Waals surface area contributed by atoms with E-state index in [-0.39, 0.29) is 24.0 Å². The Bertz CT molecular complexity index is 834. The van der Waals surface area contributed by atoms with Gasteiger partial charge in [0, 0.05) is 18.7 Å². The number of hydrogen-bond acceptors (Lipinski definition) is 2. The smallest absolute Gasteiger partial charge is 0.254 e. The number of piperazine rings is 1. The first kappa shape index (κ1) is 17.1. The molecule has 1 atom stereocenters. The summed E-state index contributed by atoms with van der Waals surface area (Å²) in [6.45, 7) is 6.11. The van der Waals surface area contributed by atoms with Gasteiger partial charge in [-0.2, -0.15) is 0 Å². The highest BCUT2D eigenvalue weighted by Gasteiger charge is 2.36. The largest absolute Gasteiger partial charge is 0.325 e. The summed E-state index contributed by atoms with van der Waals surface area (Å²) in [5.74, 6) is -0.865. The summed E-state index contributed by atoms with van der Waals surface area (Å²) in [6, 6.07) is 11.4. The number of nitrogens with zero attached hydrogens (tertiary/aromatic N) is 2. The van der Waals surface area contributed by atoms with Crippen LogP contribution < -0.4 is 4.90 Å². The predicted molar refractivity (Wildman–Crippen MR) is 95.2 cm³/mol. The molecule has 1 saturated heterocycles. The second kappa shape index (κ2) is 6.67. The first-order valence-corrected chi connectivity index (χ1v) is 8.33. The molecule has 2 amide bonds. The number of amides is 2. The molecular formula is C20H21FN2O2. The minimum atomic E-state index is -0.637. The van der Waals surface area contributed by atoms with E-state index in [2.05, 4.69) is 0 Å². The van der Waals surface area contributed by atoms with Crippen LogP contribution in [0.15, 0.2) is 42.5 Å². The van der Waals surface area contributed by atoms with Gasteiger partial charge in [-0.15, -0.1) is 0 Å². The maximum absolute atomic E-state index is 14.1. The van der Waals surface area contributed by atoms with Crippen molar-refractivity contribution in [2.24, 2.45) is 0 Å². The second-order valence-electron chi connectivity index (χ2n) is 6.49. The van der Waals surface area contributed by atoms with Gasteiger partial charge < -0.3 is 9.80 Å². The van der Waals surface area contributed by atoms with Gasteiger partial charge in [-0.05, 0) is 50.6 Å². The molecule has 130 valence electrons. The topological polar surface area (TPSA) is 40.6 Å². The lowest BCUT2D eigenvalue weighted by atomic mass is 10.1. The van der Waals surface area contributed by atoms with E-state index >= 15 is 0 Å². The van der Waals surface area contributed by atoms with Crippen LogP contribution in [-0.2, 0) is 4.79 Å². The predicted octanol–water partition coefficient (Wildman–Crippen LogP) is 3.32. The zero-order valence-corrected chi connectivity index (χ0v) is 14.6. The molecule has 0 saturated carbocycles. The third kappa shape index (κ3) is 3.27. The molecule has 1 heterocycles. The van der Waals surface area contributed by atoms with Crippen LogP contribution in [0.25, 0.3) is 0 Å². The maximum atomic E-state index is 14.1. The summed E-state index contributed by atoms with van der Waals surface area (Å²) < 4.78 is 14.1. The molecule has 0 aromatic heterocycles. The Morgan fingerprint density at radius 2 is 1.80 bits per heavy atom. The molecule has 5 heteroatoms. The maximum Gasteiger partial charge on any atom is 0.254 e. The summed E-state index contributed by atoms with van der Waals surface area (Å²) in [5.41, 5.74) is 2.72. The third-order valence-electron chi connectivity index (χ3n) is 4.57. The van der Waals surface area contributed by atoms with Gasteiger partial charge in [0.05, 0.1) is 5.69 Å². The lowest BCUT2D eigenvalue weighted by Gasteiger charge is -2.39. The fourth-order valence-electron chi connectivity index (χ4n) is 3.16. The van der Waals surface area contributed by atoms with Crippen LogP contribution >= 0.6 is 0 Å². The molecule has 0 N–H and O–H groups in total. The van der Waals surface area contributed by atoms with Gasteiger partial charge in [-0.3, -0.25) is 9.59 Å². The Morgan fingerprint density at radius 3 is 2.52 bits per heavy atom. The van der Waals surface area contributed by atoms with Gasteiger partial charge >= 0.3 is 0 Å². The molecule has 0 aliphatic carbocycles. The van der Waals surface area contributed by atoms with E-state index in [1.165, 1.54) is 11.0 Å². The van der Waals surface area contributed by atoms with Crippen molar-refractivity contribution >= 4 is 17.5 Å². The van der Waals surface area contributed by atoms with E-state index < -0.39 is 11.9 Å². The highest BCUT2D eigenvalue weighted by molar-refractivity contribution is 6.03. The number of rotatable bonds is 2. The molecule has 2 aromatic carbocycles. The normalized spacial score (nSPS) is 17.8. The summed E-state index contributed by atoms with van der Waals surface area (Å²) in [5, 5.41) is 0. The fraction of sp³-hybridized carbons (Fsp3) is 0.300. The average molecular weight is 340 g/mol. The van der Waals surface area contributed by atoms with Crippen molar-refractivity contribution in [1.29, 1.82) is 0 Å². The van der Waals surface area contributed by atoms with E-state index in [1.54, 1.807) is 30.0 Å². The summed E-state index contributed by atoms with van der Waals surface area (Å²) in [4.78, 5) is 28.5. The lowest BCUT2D eigenvalue weighted by molar-refractivity contribution is -0.124. The van der Waals surface area contributed by atoms with Crippen LogP contribution in [0.2, 0.25) is 0 Å². The van der Waals surface area contributed by atoms with Gasteiger partial charge in [-0.1, -0.05) is 23.8 Å². The van der Waals surface area contributed by atoms with E-state index in [1.807, 2.05) is 32.0 Å². The van der Waals surface area contributed by atoms with Crippen molar-refractivity contribution in [3.8, 4) is 0 Å². The molecule has 4 nitrogen and oxygen atoms in total. The first-order chi connectivity index (χ1) is 11.9. The van der Waals surface area contributed by atoms with Crippen molar-refractivity contribution in [1.82, 2.24) is 4.90 Å². The van der Waals surface area contributed by atoms with Crippen LogP contribution in [0.5, 0.6) is 0 Å². The molecule has 0 spiro atoms. The fourth-order valence-corrected chi connectivity index (χ4v) is 3.16. The van der Waals surface area contributed by atoms with Gasteiger partial charge in [0.25, 0.3) is 5.91 Å². The Kier molecular flexibility index (Phi) is 4.57. The molecule has 2 aromatic rings. The second-order valence-corrected chi connectivity index (χ2v) is 6.49. The monoisotopic (exact) mass is 340 g/mol. The number of benzene rings is 2. The van der Waals surface area contributed by atoms with Crippen molar-refractivity contribution in [2.45, 2.75) is 26.8 Å². The Hall–Kier alpha value is -2.69. The molecule has 0 unspecified atom stereocenters. The minimum absolute atomic E-state index is 0.172. The van der Waals surface area contributed by atoms with Crippen LogP contribution in [0, 0.1) is 19.7 Å². The molecule has 1 fully saturated rings. The number of carbonyl (C=O) groups excluding carboxylic acids is 2. The molecule has 0 bridgehead atoms. The number of hydrogen-bond donors (Lipinski definition) is 0. The molecular weight excluding hydrogens is 319 g/mol. The van der Waals surface area contributed by atoms with E-state index in [9.17, 15) is 14.0 Å². The molecule has 1 aliphatic heterocycles. The third-order valence-corrected chi connectivity index (χ3v) is 4.57. The van der Waals surface area contributed by atoms with E-state index in [0.717, 1.165) is 11.1 Å². The van der Waals surface area contributed by atoms with E-state index in [4.69, 9.17) is 0 Å². The highest BCUT2D eigenvalue weighted by atomic mass is 19.1. The van der Waals surface area contributed by atoms with Crippen molar-refractivity contribution in [3.63, 3.8) is 0 Å². The number of anilines is 1. The molecule has 3 rings (SSSR count). The van der Waals surface area contributed by atoms with Crippen LogP contribution in [0.4, 0.5) is 10.1 Å². The zero-order chi connectivity index (χ0) is 18.1. The zero-order valence-electron chi connectivity index (χ0n) is 14.6. The van der Waals surface area contributed by atoms with E-state index in [0.29, 0.717) is 12.1 Å². The summed E-state index contributed by atoms with van der Waals surface area (Å²) >= 11 is 0. The molecule has 0 radical (unpaired) electrons. The average Bonchev–Trinajstić information content (AvgIpc) is 2.59. The minimum Gasteiger partial charge on any atom is -0.325 e. The number of carbonyl (C=O) groups is 2. The van der Waals surface area contributed by atoms with Crippen LogP contribution in [0.1, 0.15) is 28.4 Å². The summed E-state index contributed by atoms with van der Waals surface area (Å²) in [6.07, 6.45) is 0. The first-order valence-electron chi connectivity index (χ1n) is 8.33. The van der Waals surface area contributed by atoms with Crippen molar-refractivity contribution < 1.29 is 14.0 Å². The Labute approximate surface area is 146 Å². The molecule has 25 heavy (non-hydrogen) atoms.